The topological polar surface area (TPSA) is 66.9 Å². The van der Waals surface area contributed by atoms with Crippen LogP contribution in [0.5, 0.6) is 0 Å². The fourth-order valence-electron chi connectivity index (χ4n) is 1.47. The van der Waals surface area contributed by atoms with E-state index in [1.54, 1.807) is 31.4 Å². The van der Waals surface area contributed by atoms with E-state index in [0.717, 1.165) is 15.9 Å². The minimum atomic E-state index is -0.281. The monoisotopic (exact) mass is 320 g/mol. The molecule has 0 unspecified atom stereocenters. The maximum absolute atomic E-state index is 12.0. The van der Waals surface area contributed by atoms with Gasteiger partial charge in [-0.3, -0.25) is 4.79 Å². The van der Waals surface area contributed by atoms with Crippen molar-refractivity contribution in [3.05, 3.63) is 46.3 Å². The molecule has 5 nitrogen and oxygen atoms in total. The van der Waals surface area contributed by atoms with Crippen LogP contribution < -0.4 is 10.6 Å². The molecule has 0 spiro atoms. The molecule has 1 amide bonds. The van der Waals surface area contributed by atoms with Gasteiger partial charge in [-0.15, -0.1) is 0 Å². The van der Waals surface area contributed by atoms with Gasteiger partial charge in [0.1, 0.15) is 11.5 Å². The zero-order valence-electron chi connectivity index (χ0n) is 10.6. The van der Waals surface area contributed by atoms with Crippen LogP contribution in [0, 0.1) is 6.92 Å². The normalized spacial score (nSPS) is 10.1. The van der Waals surface area contributed by atoms with E-state index in [-0.39, 0.29) is 5.91 Å². The molecule has 0 aliphatic rings. The van der Waals surface area contributed by atoms with Crippen molar-refractivity contribution < 1.29 is 4.79 Å². The average Bonchev–Trinajstić information content (AvgIpc) is 2.43. The Morgan fingerprint density at radius 3 is 2.63 bits per heavy atom. The van der Waals surface area contributed by atoms with Gasteiger partial charge in [0.05, 0.1) is 17.6 Å². The average molecular weight is 321 g/mol. The minimum Gasteiger partial charge on any atom is -0.387 e. The summed E-state index contributed by atoms with van der Waals surface area (Å²) in [5.41, 5.74) is 2.02. The first kappa shape index (κ1) is 13.5. The Bertz CT molecular complexity index is 598. The van der Waals surface area contributed by atoms with Crippen LogP contribution in [0.4, 0.5) is 11.5 Å². The zero-order valence-corrected chi connectivity index (χ0v) is 12.2. The fourth-order valence-corrected chi connectivity index (χ4v) is 1.69. The standard InChI is InChI=1S/C13H13BrN4O/c1-8-10(14)4-6-12(17-8)18-13(19)11-5-3-9(15-2)7-16-11/h3-7,15H,1-2H3,(H,17,18,19). The number of pyridine rings is 2. The van der Waals surface area contributed by atoms with E-state index < -0.39 is 0 Å². The van der Waals surface area contributed by atoms with Crippen molar-refractivity contribution in [2.24, 2.45) is 0 Å². The highest BCUT2D eigenvalue weighted by molar-refractivity contribution is 9.10. The Balaban J connectivity index is 2.13. The van der Waals surface area contributed by atoms with Crippen molar-refractivity contribution in [3.8, 4) is 0 Å². The van der Waals surface area contributed by atoms with Gasteiger partial charge in [-0.1, -0.05) is 0 Å². The molecule has 0 bridgehead atoms. The molecule has 98 valence electrons. The van der Waals surface area contributed by atoms with E-state index in [2.05, 4.69) is 36.5 Å². The predicted molar refractivity (Wildman–Crippen MR) is 78.4 cm³/mol. The third-order valence-corrected chi connectivity index (χ3v) is 3.39. The Kier molecular flexibility index (Phi) is 4.11. The minimum absolute atomic E-state index is 0.281. The van der Waals surface area contributed by atoms with Crippen molar-refractivity contribution in [2.45, 2.75) is 6.92 Å². The van der Waals surface area contributed by atoms with Crippen LogP contribution >= 0.6 is 15.9 Å². The van der Waals surface area contributed by atoms with Gasteiger partial charge in [0.2, 0.25) is 0 Å². The van der Waals surface area contributed by atoms with Gasteiger partial charge in [-0.25, -0.2) is 9.97 Å². The molecular formula is C13H13BrN4O. The molecule has 0 aliphatic carbocycles. The number of carbonyl (C=O) groups excluding carboxylic acids is 1. The van der Waals surface area contributed by atoms with Gasteiger partial charge in [0, 0.05) is 11.5 Å². The van der Waals surface area contributed by atoms with E-state index in [9.17, 15) is 4.79 Å². The Hall–Kier alpha value is -1.95. The van der Waals surface area contributed by atoms with Crippen molar-refractivity contribution in [1.29, 1.82) is 0 Å². The van der Waals surface area contributed by atoms with Crippen molar-refractivity contribution in [1.82, 2.24) is 9.97 Å². The van der Waals surface area contributed by atoms with Crippen LogP contribution in [0.25, 0.3) is 0 Å². The lowest BCUT2D eigenvalue weighted by Gasteiger charge is -2.06. The fraction of sp³-hybridized carbons (Fsp3) is 0.154. The van der Waals surface area contributed by atoms with Crippen LogP contribution in [-0.2, 0) is 0 Å². The van der Waals surface area contributed by atoms with Gasteiger partial charge in [0.15, 0.2) is 0 Å². The first-order valence-electron chi connectivity index (χ1n) is 5.68. The van der Waals surface area contributed by atoms with E-state index in [4.69, 9.17) is 0 Å². The summed E-state index contributed by atoms with van der Waals surface area (Å²) in [6, 6.07) is 7.03. The largest absolute Gasteiger partial charge is 0.387 e. The second-order valence-corrected chi connectivity index (χ2v) is 4.75. The number of aromatic nitrogens is 2. The molecule has 2 aromatic rings. The highest BCUT2D eigenvalue weighted by Gasteiger charge is 2.08. The number of amides is 1. The molecule has 0 radical (unpaired) electrons. The lowest BCUT2D eigenvalue weighted by Crippen LogP contribution is -2.14. The molecule has 2 aromatic heterocycles. The summed E-state index contributed by atoms with van der Waals surface area (Å²) in [6.45, 7) is 1.86. The smallest absolute Gasteiger partial charge is 0.275 e. The van der Waals surface area contributed by atoms with E-state index in [1.807, 2.05) is 13.0 Å². The maximum atomic E-state index is 12.0. The highest BCUT2D eigenvalue weighted by Crippen LogP contribution is 2.16. The van der Waals surface area contributed by atoms with E-state index >= 15 is 0 Å². The highest BCUT2D eigenvalue weighted by atomic mass is 79.9. The zero-order chi connectivity index (χ0) is 13.8. The number of nitrogens with zero attached hydrogens (tertiary/aromatic N) is 2. The number of carbonyl (C=O) groups is 1. The predicted octanol–water partition coefficient (Wildman–Crippen LogP) is 2.84. The van der Waals surface area contributed by atoms with Gasteiger partial charge in [0.25, 0.3) is 5.91 Å². The van der Waals surface area contributed by atoms with E-state index in [0.29, 0.717) is 11.5 Å². The Morgan fingerprint density at radius 1 is 1.26 bits per heavy atom. The molecule has 0 atom stereocenters. The third-order valence-electron chi connectivity index (χ3n) is 2.55. The summed E-state index contributed by atoms with van der Waals surface area (Å²) in [5.74, 6) is 0.224. The van der Waals surface area contributed by atoms with E-state index in [1.165, 1.54) is 0 Å². The SMILES string of the molecule is CNc1ccc(C(=O)Nc2ccc(Br)c(C)n2)nc1. The van der Waals surface area contributed by atoms with Crippen LogP contribution in [0.1, 0.15) is 16.2 Å². The summed E-state index contributed by atoms with van der Waals surface area (Å²) in [6.07, 6.45) is 1.61. The van der Waals surface area contributed by atoms with Gasteiger partial charge < -0.3 is 10.6 Å². The Labute approximate surface area is 119 Å². The Morgan fingerprint density at radius 2 is 2.05 bits per heavy atom. The number of halogens is 1. The molecule has 0 fully saturated rings. The van der Waals surface area contributed by atoms with Crippen LogP contribution in [0.3, 0.4) is 0 Å². The quantitative estimate of drug-likeness (QED) is 0.912. The molecule has 0 saturated carbocycles. The van der Waals surface area contributed by atoms with Gasteiger partial charge in [-0.2, -0.15) is 0 Å². The summed E-state index contributed by atoms with van der Waals surface area (Å²) < 4.78 is 0.905. The summed E-state index contributed by atoms with van der Waals surface area (Å²) in [4.78, 5) is 20.3. The van der Waals surface area contributed by atoms with Gasteiger partial charge in [-0.05, 0) is 47.1 Å². The first-order chi connectivity index (χ1) is 9.10. The van der Waals surface area contributed by atoms with Crippen LogP contribution in [-0.4, -0.2) is 22.9 Å². The number of hydrogen-bond acceptors (Lipinski definition) is 4. The van der Waals surface area contributed by atoms with Crippen molar-refractivity contribution >= 4 is 33.3 Å². The third kappa shape index (κ3) is 3.29. The molecular weight excluding hydrogens is 308 g/mol. The summed E-state index contributed by atoms with van der Waals surface area (Å²) in [7, 11) is 1.80. The molecule has 0 aliphatic heterocycles. The first-order valence-corrected chi connectivity index (χ1v) is 6.48. The number of rotatable bonds is 3. The maximum Gasteiger partial charge on any atom is 0.275 e. The van der Waals surface area contributed by atoms with Crippen LogP contribution in [0.15, 0.2) is 34.9 Å². The molecule has 0 saturated heterocycles. The molecule has 0 aromatic carbocycles. The number of aryl methyl sites for hydroxylation is 1. The lowest BCUT2D eigenvalue weighted by atomic mass is 10.3. The number of nitrogens with one attached hydrogen (secondary N) is 2. The second kappa shape index (κ2) is 5.79. The summed E-state index contributed by atoms with van der Waals surface area (Å²) >= 11 is 3.36. The molecule has 2 heterocycles. The number of hydrogen-bond donors (Lipinski definition) is 2. The van der Waals surface area contributed by atoms with Crippen LogP contribution in [0.2, 0.25) is 0 Å². The summed E-state index contributed by atoms with van der Waals surface area (Å²) in [5, 5.41) is 5.65. The van der Waals surface area contributed by atoms with Crippen molar-refractivity contribution in [2.75, 3.05) is 17.7 Å². The number of anilines is 2. The molecule has 2 N–H and O–H groups in total. The molecule has 19 heavy (non-hydrogen) atoms. The molecule has 2 rings (SSSR count). The van der Waals surface area contributed by atoms with Gasteiger partial charge >= 0.3 is 0 Å². The second-order valence-electron chi connectivity index (χ2n) is 3.90. The lowest BCUT2D eigenvalue weighted by molar-refractivity contribution is 0.102. The molecule has 6 heteroatoms. The van der Waals surface area contributed by atoms with Crippen molar-refractivity contribution in [3.63, 3.8) is 0 Å².